The fraction of sp³-hybridized carbons (Fsp3) is 0.273. The summed E-state index contributed by atoms with van der Waals surface area (Å²) in [5, 5.41) is 15.1. The standard InChI is InChI=1S/C22H23BrN4O2S2/c1-3-14(2)19(24-18(28)13-30-17-7-5-4-6-8-17)20(29)25-22-27-26-21(31-22)15-9-11-16(23)12-10-15/h4-12,14,19H,3,13H2,1-2H3,(H,24,28)(H,25,27,29). The molecule has 0 bridgehead atoms. The van der Waals surface area contributed by atoms with Gasteiger partial charge in [0.15, 0.2) is 0 Å². The van der Waals surface area contributed by atoms with Crippen LogP contribution in [0.5, 0.6) is 0 Å². The highest BCUT2D eigenvalue weighted by atomic mass is 79.9. The largest absolute Gasteiger partial charge is 0.343 e. The van der Waals surface area contributed by atoms with Gasteiger partial charge in [-0.1, -0.05) is 77.9 Å². The number of halogens is 1. The van der Waals surface area contributed by atoms with Gasteiger partial charge in [0, 0.05) is 14.9 Å². The smallest absolute Gasteiger partial charge is 0.249 e. The Bertz CT molecular complexity index is 1010. The fourth-order valence-corrected chi connectivity index (χ4v) is 4.50. The van der Waals surface area contributed by atoms with Gasteiger partial charge < -0.3 is 5.32 Å². The molecule has 2 atom stereocenters. The molecule has 0 aliphatic carbocycles. The molecule has 3 aromatic rings. The van der Waals surface area contributed by atoms with E-state index in [1.54, 1.807) is 0 Å². The van der Waals surface area contributed by atoms with Crippen molar-refractivity contribution in [2.45, 2.75) is 31.2 Å². The Labute approximate surface area is 198 Å². The van der Waals surface area contributed by atoms with Crippen LogP contribution in [0.25, 0.3) is 10.6 Å². The first-order valence-corrected chi connectivity index (χ1v) is 12.4. The number of hydrogen-bond acceptors (Lipinski definition) is 6. The summed E-state index contributed by atoms with van der Waals surface area (Å²) < 4.78 is 0.979. The van der Waals surface area contributed by atoms with Gasteiger partial charge in [-0.3, -0.25) is 14.9 Å². The first kappa shape index (κ1) is 23.4. The Balaban J connectivity index is 1.62. The third-order valence-electron chi connectivity index (χ3n) is 4.67. The molecule has 162 valence electrons. The lowest BCUT2D eigenvalue weighted by molar-refractivity contribution is -0.126. The maximum atomic E-state index is 12.9. The highest BCUT2D eigenvalue weighted by Gasteiger charge is 2.27. The monoisotopic (exact) mass is 518 g/mol. The van der Waals surface area contributed by atoms with Crippen molar-refractivity contribution in [1.82, 2.24) is 15.5 Å². The van der Waals surface area contributed by atoms with Crippen LogP contribution in [0.15, 0.2) is 64.0 Å². The van der Waals surface area contributed by atoms with Crippen molar-refractivity contribution in [3.8, 4) is 10.6 Å². The minimum Gasteiger partial charge on any atom is -0.343 e. The average Bonchev–Trinajstić information content (AvgIpc) is 3.25. The van der Waals surface area contributed by atoms with Crippen LogP contribution in [0.2, 0.25) is 0 Å². The topological polar surface area (TPSA) is 84.0 Å². The molecule has 1 heterocycles. The summed E-state index contributed by atoms with van der Waals surface area (Å²) in [6.07, 6.45) is 0.754. The first-order valence-electron chi connectivity index (χ1n) is 9.83. The molecule has 0 radical (unpaired) electrons. The molecule has 6 nitrogen and oxygen atoms in total. The van der Waals surface area contributed by atoms with E-state index in [2.05, 4.69) is 36.8 Å². The highest BCUT2D eigenvalue weighted by Crippen LogP contribution is 2.27. The maximum absolute atomic E-state index is 12.9. The lowest BCUT2D eigenvalue weighted by Gasteiger charge is -2.22. The minimum atomic E-state index is -0.645. The molecule has 0 saturated heterocycles. The van der Waals surface area contributed by atoms with Crippen LogP contribution in [0.1, 0.15) is 20.3 Å². The SMILES string of the molecule is CCC(C)C(NC(=O)CSc1ccccc1)C(=O)Nc1nnc(-c2ccc(Br)cc2)s1. The normalized spacial score (nSPS) is 12.7. The lowest BCUT2D eigenvalue weighted by Crippen LogP contribution is -2.48. The zero-order valence-corrected chi connectivity index (χ0v) is 20.4. The van der Waals surface area contributed by atoms with E-state index in [0.29, 0.717) is 10.1 Å². The number of amides is 2. The van der Waals surface area contributed by atoms with Crippen molar-refractivity contribution in [1.29, 1.82) is 0 Å². The molecular weight excluding hydrogens is 496 g/mol. The van der Waals surface area contributed by atoms with Gasteiger partial charge in [-0.25, -0.2) is 0 Å². The number of nitrogens with one attached hydrogen (secondary N) is 2. The molecule has 0 aliphatic rings. The van der Waals surface area contributed by atoms with Gasteiger partial charge in [-0.2, -0.15) is 0 Å². The number of hydrogen-bond donors (Lipinski definition) is 2. The zero-order chi connectivity index (χ0) is 22.2. The molecule has 9 heteroatoms. The molecule has 0 saturated carbocycles. The Morgan fingerprint density at radius 3 is 2.48 bits per heavy atom. The van der Waals surface area contributed by atoms with Gasteiger partial charge in [0.25, 0.3) is 0 Å². The molecule has 31 heavy (non-hydrogen) atoms. The van der Waals surface area contributed by atoms with Crippen LogP contribution in [-0.2, 0) is 9.59 Å². The van der Waals surface area contributed by atoms with Gasteiger partial charge >= 0.3 is 0 Å². The Morgan fingerprint density at radius 1 is 1.10 bits per heavy atom. The molecule has 2 N–H and O–H groups in total. The summed E-state index contributed by atoms with van der Waals surface area (Å²) in [6.45, 7) is 3.94. The van der Waals surface area contributed by atoms with Crippen molar-refractivity contribution in [2.24, 2.45) is 5.92 Å². The summed E-state index contributed by atoms with van der Waals surface area (Å²) >= 11 is 6.15. The van der Waals surface area contributed by atoms with Crippen molar-refractivity contribution in [3.63, 3.8) is 0 Å². The van der Waals surface area contributed by atoms with Crippen molar-refractivity contribution >= 4 is 56.0 Å². The molecule has 3 rings (SSSR count). The molecular formula is C22H23BrN4O2S2. The van der Waals surface area contributed by atoms with E-state index in [1.807, 2.05) is 68.4 Å². The van der Waals surface area contributed by atoms with Gasteiger partial charge in [0.1, 0.15) is 11.0 Å². The summed E-state index contributed by atoms with van der Waals surface area (Å²) in [4.78, 5) is 26.4. The van der Waals surface area contributed by atoms with E-state index in [1.165, 1.54) is 23.1 Å². The number of carbonyl (C=O) groups is 2. The molecule has 0 fully saturated rings. The van der Waals surface area contributed by atoms with Crippen LogP contribution in [0.3, 0.4) is 0 Å². The van der Waals surface area contributed by atoms with Crippen LogP contribution in [0.4, 0.5) is 5.13 Å². The van der Waals surface area contributed by atoms with Crippen LogP contribution < -0.4 is 10.6 Å². The van der Waals surface area contributed by atoms with E-state index in [9.17, 15) is 9.59 Å². The average molecular weight is 519 g/mol. The number of carbonyl (C=O) groups excluding carboxylic acids is 2. The van der Waals surface area contributed by atoms with E-state index in [0.717, 1.165) is 21.4 Å². The summed E-state index contributed by atoms with van der Waals surface area (Å²) in [7, 11) is 0. The second-order valence-electron chi connectivity index (χ2n) is 6.94. The molecule has 0 spiro atoms. The Hall–Kier alpha value is -2.23. The second kappa shape index (κ2) is 11.4. The number of thioether (sulfide) groups is 1. The zero-order valence-electron chi connectivity index (χ0n) is 17.2. The fourth-order valence-electron chi connectivity index (χ4n) is 2.75. The first-order chi connectivity index (χ1) is 15.0. The van der Waals surface area contributed by atoms with E-state index >= 15 is 0 Å². The van der Waals surface area contributed by atoms with Crippen molar-refractivity contribution in [3.05, 3.63) is 59.1 Å². The Morgan fingerprint density at radius 2 is 1.81 bits per heavy atom. The van der Waals surface area contributed by atoms with Crippen LogP contribution in [-0.4, -0.2) is 33.8 Å². The quantitative estimate of drug-likeness (QED) is 0.379. The Kier molecular flexibility index (Phi) is 8.62. The highest BCUT2D eigenvalue weighted by molar-refractivity contribution is 9.10. The molecule has 1 aromatic heterocycles. The number of aromatic nitrogens is 2. The third-order valence-corrected chi connectivity index (χ3v) is 7.10. The summed E-state index contributed by atoms with van der Waals surface area (Å²) in [5.74, 6) is -0.242. The number of nitrogens with zero attached hydrogens (tertiary/aromatic N) is 2. The van der Waals surface area contributed by atoms with Crippen molar-refractivity contribution < 1.29 is 9.59 Å². The third kappa shape index (κ3) is 6.88. The molecule has 2 amide bonds. The molecule has 2 unspecified atom stereocenters. The lowest BCUT2D eigenvalue weighted by atomic mass is 9.98. The molecule has 2 aromatic carbocycles. The molecule has 0 aliphatic heterocycles. The maximum Gasteiger partial charge on any atom is 0.249 e. The van der Waals surface area contributed by atoms with Gasteiger partial charge in [-0.15, -0.1) is 22.0 Å². The number of anilines is 1. The second-order valence-corrected chi connectivity index (χ2v) is 9.88. The van der Waals surface area contributed by atoms with E-state index < -0.39 is 6.04 Å². The van der Waals surface area contributed by atoms with E-state index in [-0.39, 0.29) is 23.5 Å². The number of benzene rings is 2. The predicted molar refractivity (Wildman–Crippen MR) is 130 cm³/mol. The van der Waals surface area contributed by atoms with Gasteiger partial charge in [-0.05, 0) is 30.2 Å². The van der Waals surface area contributed by atoms with Crippen LogP contribution in [0, 0.1) is 5.92 Å². The van der Waals surface area contributed by atoms with Crippen LogP contribution >= 0.6 is 39.0 Å². The van der Waals surface area contributed by atoms with Gasteiger partial charge in [0.05, 0.1) is 5.75 Å². The summed E-state index contributed by atoms with van der Waals surface area (Å²) in [6, 6.07) is 16.8. The number of rotatable bonds is 9. The minimum absolute atomic E-state index is 0.0236. The summed E-state index contributed by atoms with van der Waals surface area (Å²) in [5.41, 5.74) is 0.922. The van der Waals surface area contributed by atoms with E-state index in [4.69, 9.17) is 0 Å². The predicted octanol–water partition coefficient (Wildman–Crippen LogP) is 5.23. The van der Waals surface area contributed by atoms with Gasteiger partial charge in [0.2, 0.25) is 16.9 Å². The van der Waals surface area contributed by atoms with Crippen molar-refractivity contribution in [2.75, 3.05) is 11.1 Å².